The minimum Gasteiger partial charge on any atom is -0.504 e. The van der Waals surface area contributed by atoms with E-state index in [4.69, 9.17) is 28.1 Å². The van der Waals surface area contributed by atoms with Crippen molar-refractivity contribution in [1.29, 1.82) is 0 Å². The third-order valence-corrected chi connectivity index (χ3v) is 7.65. The maximum Gasteiger partial charge on any atom is 0.239 e. The third-order valence-electron chi connectivity index (χ3n) is 7.65. The summed E-state index contributed by atoms with van der Waals surface area (Å²) in [6, 6.07) is 4.26. The Morgan fingerprint density at radius 1 is 0.717 bits per heavy atom. The van der Waals surface area contributed by atoms with E-state index in [1.54, 1.807) is 0 Å². The lowest BCUT2D eigenvalue weighted by atomic mass is 9.99. The topological polar surface area (TPSA) is 299 Å². The van der Waals surface area contributed by atoms with Crippen molar-refractivity contribution < 1.29 is 84.3 Å². The van der Waals surface area contributed by atoms with Gasteiger partial charge < -0.3 is 84.3 Å². The van der Waals surface area contributed by atoms with Gasteiger partial charge in [-0.2, -0.15) is 0 Å². The van der Waals surface area contributed by atoms with Crippen LogP contribution >= 0.6 is 0 Å². The quantitative estimate of drug-likeness (QED) is 0.107. The molecule has 0 bridgehead atoms. The number of fused-ring (bicyclic) bond motifs is 1. The number of hydrogen-bond acceptors (Lipinski definition) is 18. The highest BCUT2D eigenvalue weighted by Crippen LogP contribution is 2.46. The molecular formula is C28H32O18. The van der Waals surface area contributed by atoms with Gasteiger partial charge in [-0.05, 0) is 18.2 Å². The Balaban J connectivity index is 1.66. The molecule has 18 nitrogen and oxygen atoms in total. The second-order valence-electron chi connectivity index (χ2n) is 10.6. The maximum atomic E-state index is 14.0. The van der Waals surface area contributed by atoms with Crippen molar-refractivity contribution in [3.05, 3.63) is 34.5 Å². The van der Waals surface area contributed by atoms with Gasteiger partial charge in [0.15, 0.2) is 28.8 Å². The van der Waals surface area contributed by atoms with Gasteiger partial charge in [0, 0.05) is 11.6 Å². The van der Waals surface area contributed by atoms with Crippen molar-refractivity contribution in [1.82, 2.24) is 0 Å². The lowest BCUT2D eigenvalue weighted by Gasteiger charge is -2.39. The molecule has 0 radical (unpaired) electrons. The first-order valence-electron chi connectivity index (χ1n) is 13.7. The van der Waals surface area contributed by atoms with Crippen LogP contribution in [0.5, 0.6) is 34.5 Å². The molecule has 2 aromatic carbocycles. The van der Waals surface area contributed by atoms with Crippen molar-refractivity contribution >= 4 is 11.0 Å². The molecule has 0 unspecified atom stereocenters. The summed E-state index contributed by atoms with van der Waals surface area (Å²) in [7, 11) is 1.08. The van der Waals surface area contributed by atoms with E-state index in [-0.39, 0.29) is 5.56 Å². The molecule has 2 fully saturated rings. The lowest BCUT2D eigenvalue weighted by Crippen LogP contribution is -2.60. The Morgan fingerprint density at radius 2 is 1.28 bits per heavy atom. The minimum absolute atomic E-state index is 0.0967. The Kier molecular flexibility index (Phi) is 9.47. The fourth-order valence-corrected chi connectivity index (χ4v) is 5.09. The van der Waals surface area contributed by atoms with E-state index in [1.165, 1.54) is 6.07 Å². The fraction of sp³-hybridized carbons (Fsp3) is 0.464. The summed E-state index contributed by atoms with van der Waals surface area (Å²) in [5.74, 6) is -4.25. The first kappa shape index (κ1) is 33.4. The summed E-state index contributed by atoms with van der Waals surface area (Å²) in [6.07, 6.45) is -17.4. The Hall–Kier alpha value is -3.95. The van der Waals surface area contributed by atoms with E-state index >= 15 is 0 Å². The Bertz CT molecular complexity index is 1620. The van der Waals surface area contributed by atoms with Crippen LogP contribution in [-0.2, 0) is 9.47 Å². The summed E-state index contributed by atoms with van der Waals surface area (Å²) in [4.78, 5) is 14.0. The van der Waals surface area contributed by atoms with Gasteiger partial charge in [-0.1, -0.05) is 0 Å². The number of ether oxygens (including phenoxy) is 5. The number of aliphatic hydroxyl groups is 8. The van der Waals surface area contributed by atoms with Crippen LogP contribution in [-0.4, -0.2) is 138 Å². The summed E-state index contributed by atoms with van der Waals surface area (Å²) in [5, 5.41) is 111. The summed E-state index contributed by atoms with van der Waals surface area (Å²) >= 11 is 0. The Labute approximate surface area is 257 Å². The van der Waals surface area contributed by atoms with Crippen LogP contribution in [0.2, 0.25) is 0 Å². The third kappa shape index (κ3) is 5.75. The number of aliphatic hydroxyl groups excluding tert-OH is 8. The van der Waals surface area contributed by atoms with E-state index < -0.39 is 131 Å². The molecule has 0 amide bonds. The molecule has 0 spiro atoms. The minimum atomic E-state index is -1.97. The van der Waals surface area contributed by atoms with Crippen molar-refractivity contribution in [2.75, 3.05) is 20.3 Å². The van der Waals surface area contributed by atoms with Crippen LogP contribution in [0, 0.1) is 0 Å². The highest BCUT2D eigenvalue weighted by atomic mass is 16.7. The molecule has 18 heteroatoms. The summed E-state index contributed by atoms with van der Waals surface area (Å²) in [5.41, 5.74) is -1.65. The van der Waals surface area contributed by atoms with Gasteiger partial charge in [0.2, 0.25) is 29.5 Å². The number of aromatic hydroxyl groups is 3. The van der Waals surface area contributed by atoms with Crippen LogP contribution in [0.4, 0.5) is 0 Å². The second-order valence-corrected chi connectivity index (χ2v) is 10.6. The zero-order valence-electron chi connectivity index (χ0n) is 23.8. The molecule has 5 rings (SSSR count). The molecule has 252 valence electrons. The number of benzene rings is 2. The number of phenols is 3. The Morgan fingerprint density at radius 3 is 1.80 bits per heavy atom. The van der Waals surface area contributed by atoms with E-state index in [9.17, 15) is 61.0 Å². The number of phenolic OH excluding ortho intramolecular Hbond substituents is 3. The van der Waals surface area contributed by atoms with Crippen LogP contribution < -0.4 is 19.6 Å². The average Bonchev–Trinajstić information content (AvgIpc) is 3.03. The largest absolute Gasteiger partial charge is 0.504 e. The van der Waals surface area contributed by atoms with E-state index in [0.717, 1.165) is 25.3 Å². The SMILES string of the molecule is COc1c(O[C@H]2O[C@@H](CO)[C@H](O)[C@H](O)[C@@H]2O)cc2oc(-c3ccc(O)c(O)c3)c(O[C@@H]3O[C@@H](CO)[C@H](O)[C@H](O)[C@@H]3O)c(=O)c2c1O. The summed E-state index contributed by atoms with van der Waals surface area (Å²) < 4.78 is 33.1. The van der Waals surface area contributed by atoms with E-state index in [1.807, 2.05) is 0 Å². The highest BCUT2D eigenvalue weighted by molar-refractivity contribution is 5.91. The van der Waals surface area contributed by atoms with Crippen molar-refractivity contribution in [3.8, 4) is 45.8 Å². The van der Waals surface area contributed by atoms with Gasteiger partial charge in [0.1, 0.15) is 59.8 Å². The molecule has 0 saturated carbocycles. The van der Waals surface area contributed by atoms with Gasteiger partial charge in [0.25, 0.3) is 0 Å². The molecule has 1 aromatic heterocycles. The van der Waals surface area contributed by atoms with E-state index in [2.05, 4.69) is 0 Å². The second kappa shape index (κ2) is 13.0. The van der Waals surface area contributed by atoms with Gasteiger partial charge in [-0.15, -0.1) is 0 Å². The molecule has 3 heterocycles. The molecule has 0 aliphatic carbocycles. The first-order chi connectivity index (χ1) is 21.8. The van der Waals surface area contributed by atoms with Crippen LogP contribution in [0.1, 0.15) is 0 Å². The van der Waals surface area contributed by atoms with Crippen molar-refractivity contribution in [2.24, 2.45) is 0 Å². The molecule has 2 saturated heterocycles. The monoisotopic (exact) mass is 656 g/mol. The maximum absolute atomic E-state index is 14.0. The van der Waals surface area contributed by atoms with E-state index in [0.29, 0.717) is 0 Å². The van der Waals surface area contributed by atoms with Crippen LogP contribution in [0.25, 0.3) is 22.3 Å². The van der Waals surface area contributed by atoms with Gasteiger partial charge >= 0.3 is 0 Å². The first-order valence-corrected chi connectivity index (χ1v) is 13.7. The number of hydrogen-bond donors (Lipinski definition) is 11. The highest BCUT2D eigenvalue weighted by Gasteiger charge is 2.47. The molecule has 46 heavy (non-hydrogen) atoms. The average molecular weight is 657 g/mol. The number of methoxy groups -OCH3 is 1. The van der Waals surface area contributed by atoms with Crippen LogP contribution in [0.15, 0.2) is 33.5 Å². The normalized spacial score (nSPS) is 31.5. The van der Waals surface area contributed by atoms with Crippen molar-refractivity contribution in [3.63, 3.8) is 0 Å². The predicted molar refractivity (Wildman–Crippen MR) is 148 cm³/mol. The van der Waals surface area contributed by atoms with Gasteiger partial charge in [-0.3, -0.25) is 4.79 Å². The molecule has 2 aliphatic heterocycles. The van der Waals surface area contributed by atoms with Gasteiger partial charge in [0.05, 0.1) is 20.3 Å². The molecular weight excluding hydrogens is 624 g/mol. The fourth-order valence-electron chi connectivity index (χ4n) is 5.09. The molecule has 10 atom stereocenters. The molecule has 3 aromatic rings. The van der Waals surface area contributed by atoms with Crippen LogP contribution in [0.3, 0.4) is 0 Å². The standard InChI is InChI=1S/C28H32O18/c1-41-25-12(43-27-22(39)20(37)16(33)13(6-29)44-27)5-11-15(18(25)35)19(36)26(24(42-11)8-2-3-9(31)10(32)4-8)46-28-23(40)21(38)17(34)14(7-30)45-28/h2-5,13-14,16-17,20-23,27-35,37-40H,6-7H2,1H3/t13-,14-,16-,17-,20-,21-,22-,23-,27-,28-/m0/s1. The predicted octanol–water partition coefficient (Wildman–Crippen LogP) is -3.06. The zero-order valence-corrected chi connectivity index (χ0v) is 23.8. The smallest absolute Gasteiger partial charge is 0.239 e. The van der Waals surface area contributed by atoms with Gasteiger partial charge in [-0.25, -0.2) is 0 Å². The lowest BCUT2D eigenvalue weighted by molar-refractivity contribution is -0.277. The molecule has 11 N–H and O–H groups in total. The molecule has 2 aliphatic rings. The number of rotatable bonds is 8. The zero-order chi connectivity index (χ0) is 33.6. The van der Waals surface area contributed by atoms with Crippen molar-refractivity contribution in [2.45, 2.75) is 61.4 Å². The summed E-state index contributed by atoms with van der Waals surface area (Å²) in [6.45, 7) is -1.58.